The Kier molecular flexibility index (Phi) is 6.83. The Labute approximate surface area is 212 Å². The van der Waals surface area contributed by atoms with E-state index in [1.807, 2.05) is 32.2 Å². The number of ether oxygens (including phenoxy) is 2. The van der Waals surface area contributed by atoms with Crippen molar-refractivity contribution in [1.29, 1.82) is 0 Å². The molecule has 3 aromatic rings. The summed E-state index contributed by atoms with van der Waals surface area (Å²) in [6.07, 6.45) is 7.62. The van der Waals surface area contributed by atoms with Gasteiger partial charge in [0.15, 0.2) is 11.5 Å². The number of hydrogen-bond donors (Lipinski definition) is 1. The predicted molar refractivity (Wildman–Crippen MR) is 145 cm³/mol. The first kappa shape index (κ1) is 23.5. The number of aliphatic imine (C=N–C) groups is 1. The van der Waals surface area contributed by atoms with E-state index in [1.165, 1.54) is 22.4 Å². The Hall–Kier alpha value is -3.24. The van der Waals surface area contributed by atoms with Gasteiger partial charge in [-0.25, -0.2) is 0 Å². The lowest BCUT2D eigenvalue weighted by Crippen LogP contribution is -2.29. The highest BCUT2D eigenvalue weighted by Crippen LogP contribution is 2.50. The van der Waals surface area contributed by atoms with Gasteiger partial charge in [-0.3, -0.25) is 4.99 Å². The van der Waals surface area contributed by atoms with Gasteiger partial charge in [-0.1, -0.05) is 53.6 Å². The number of allylic oxidation sites excluding steroid dienone is 2. The van der Waals surface area contributed by atoms with Crippen molar-refractivity contribution < 1.29 is 9.47 Å². The van der Waals surface area contributed by atoms with Crippen molar-refractivity contribution in [3.05, 3.63) is 94.0 Å². The van der Waals surface area contributed by atoms with Gasteiger partial charge >= 0.3 is 0 Å². The molecule has 5 rings (SSSR count). The zero-order valence-electron chi connectivity index (χ0n) is 20.4. The number of anilines is 1. The van der Waals surface area contributed by atoms with E-state index < -0.39 is 0 Å². The summed E-state index contributed by atoms with van der Waals surface area (Å²) in [4.78, 5) is 4.68. The van der Waals surface area contributed by atoms with Gasteiger partial charge in [0.05, 0.1) is 30.0 Å². The highest BCUT2D eigenvalue weighted by Gasteiger charge is 2.37. The fourth-order valence-corrected chi connectivity index (χ4v) is 5.44. The summed E-state index contributed by atoms with van der Waals surface area (Å²) >= 11 is 6.45. The molecule has 1 aliphatic carbocycles. The Balaban J connectivity index is 1.36. The molecule has 2 aliphatic rings. The molecule has 0 bridgehead atoms. The van der Waals surface area contributed by atoms with E-state index in [0.717, 1.165) is 17.7 Å². The lowest BCUT2D eigenvalue weighted by Gasteiger charge is -2.37. The quantitative estimate of drug-likeness (QED) is 0.271. The van der Waals surface area contributed by atoms with Crippen LogP contribution in [0, 0.1) is 12.8 Å². The molecule has 0 saturated carbocycles. The van der Waals surface area contributed by atoms with Crippen molar-refractivity contribution in [2.75, 3.05) is 18.5 Å². The summed E-state index contributed by atoms with van der Waals surface area (Å²) in [6.45, 7) is 7.10. The van der Waals surface area contributed by atoms with E-state index in [0.29, 0.717) is 41.6 Å². The van der Waals surface area contributed by atoms with Crippen LogP contribution in [0.5, 0.6) is 11.5 Å². The Bertz CT molecular complexity index is 1270. The van der Waals surface area contributed by atoms with E-state index in [2.05, 4.69) is 71.8 Å². The molecule has 1 heterocycles. The standard InChI is InChI=1S/C30H31ClN2O2/c1-4-34-28-17-20(16-26(31)30(28)35-5-2)18-32-22-12-10-21(11-13-22)29-24-8-6-7-23(24)25-15-19(3)9-14-27(25)33-29/h6-7,9-18,23-24,29,33H,4-5,8H2,1-3H3/t23-,24+,29+/m1/s1. The maximum absolute atomic E-state index is 6.45. The molecule has 0 radical (unpaired) electrons. The van der Waals surface area contributed by atoms with E-state index in [4.69, 9.17) is 21.1 Å². The minimum Gasteiger partial charge on any atom is -0.490 e. The van der Waals surface area contributed by atoms with Gasteiger partial charge < -0.3 is 14.8 Å². The summed E-state index contributed by atoms with van der Waals surface area (Å²) in [5.41, 5.74) is 7.02. The molecule has 0 aromatic heterocycles. The second kappa shape index (κ2) is 10.2. The minimum absolute atomic E-state index is 0.280. The summed E-state index contributed by atoms with van der Waals surface area (Å²) in [6, 6.07) is 19.3. The van der Waals surface area contributed by atoms with Gasteiger partial charge in [-0.2, -0.15) is 0 Å². The van der Waals surface area contributed by atoms with Gasteiger partial charge in [-0.05, 0) is 80.1 Å². The van der Waals surface area contributed by atoms with Crippen molar-refractivity contribution >= 4 is 29.2 Å². The number of nitrogens with zero attached hydrogens (tertiary/aromatic N) is 1. The molecule has 3 atom stereocenters. The number of halogens is 1. The second-order valence-corrected chi connectivity index (χ2v) is 9.52. The van der Waals surface area contributed by atoms with Gasteiger partial charge in [0.25, 0.3) is 0 Å². The molecule has 180 valence electrons. The third kappa shape index (κ3) is 4.81. The molecule has 1 aliphatic heterocycles. The number of hydrogen-bond acceptors (Lipinski definition) is 4. The number of fused-ring (bicyclic) bond motifs is 3. The third-order valence-electron chi connectivity index (χ3n) is 6.75. The molecule has 0 fully saturated rings. The number of aryl methyl sites for hydroxylation is 1. The van der Waals surface area contributed by atoms with Crippen LogP contribution in [-0.4, -0.2) is 19.4 Å². The molecular weight excluding hydrogens is 456 g/mol. The second-order valence-electron chi connectivity index (χ2n) is 9.11. The summed E-state index contributed by atoms with van der Waals surface area (Å²) in [5, 5.41) is 4.33. The molecule has 0 spiro atoms. The molecule has 35 heavy (non-hydrogen) atoms. The van der Waals surface area contributed by atoms with Gasteiger partial charge in [-0.15, -0.1) is 0 Å². The Morgan fingerprint density at radius 2 is 1.83 bits per heavy atom. The van der Waals surface area contributed by atoms with Crippen LogP contribution in [0.2, 0.25) is 5.02 Å². The van der Waals surface area contributed by atoms with Crippen LogP contribution >= 0.6 is 11.6 Å². The molecule has 4 nitrogen and oxygen atoms in total. The highest BCUT2D eigenvalue weighted by molar-refractivity contribution is 6.32. The van der Waals surface area contributed by atoms with E-state index >= 15 is 0 Å². The lowest BCUT2D eigenvalue weighted by atomic mass is 9.76. The molecule has 3 aromatic carbocycles. The van der Waals surface area contributed by atoms with E-state index in [-0.39, 0.29) is 6.04 Å². The summed E-state index contributed by atoms with van der Waals surface area (Å²) in [7, 11) is 0. The Morgan fingerprint density at radius 1 is 1.03 bits per heavy atom. The molecule has 1 N–H and O–H groups in total. The largest absolute Gasteiger partial charge is 0.490 e. The maximum atomic E-state index is 6.45. The van der Waals surface area contributed by atoms with Crippen LogP contribution in [0.4, 0.5) is 11.4 Å². The average molecular weight is 487 g/mol. The molecule has 5 heteroatoms. The van der Waals surface area contributed by atoms with Gasteiger partial charge in [0, 0.05) is 17.8 Å². The van der Waals surface area contributed by atoms with E-state index in [9.17, 15) is 0 Å². The number of benzene rings is 3. The molecule has 0 amide bonds. The maximum Gasteiger partial charge on any atom is 0.179 e. The van der Waals surface area contributed by atoms with Crippen LogP contribution in [0.3, 0.4) is 0 Å². The van der Waals surface area contributed by atoms with E-state index in [1.54, 1.807) is 0 Å². The van der Waals surface area contributed by atoms with Crippen LogP contribution < -0.4 is 14.8 Å². The Morgan fingerprint density at radius 3 is 2.60 bits per heavy atom. The third-order valence-corrected chi connectivity index (χ3v) is 7.03. The average Bonchev–Trinajstić information content (AvgIpc) is 3.35. The predicted octanol–water partition coefficient (Wildman–Crippen LogP) is 8.02. The monoisotopic (exact) mass is 486 g/mol. The highest BCUT2D eigenvalue weighted by atomic mass is 35.5. The SMILES string of the molecule is CCOc1cc(C=Nc2ccc([C@@H]3Nc4ccc(C)cc4[C@@H]4C=CC[C@@H]43)cc2)cc(Cl)c1OCC. The van der Waals surface area contributed by atoms with Crippen molar-refractivity contribution in [3.8, 4) is 11.5 Å². The van der Waals surface area contributed by atoms with Gasteiger partial charge in [0.2, 0.25) is 0 Å². The molecule has 0 unspecified atom stereocenters. The normalized spacial score (nSPS) is 20.4. The minimum atomic E-state index is 0.280. The zero-order valence-corrected chi connectivity index (χ0v) is 21.2. The first-order valence-electron chi connectivity index (χ1n) is 12.3. The first-order chi connectivity index (χ1) is 17.1. The van der Waals surface area contributed by atoms with Crippen LogP contribution in [0.1, 0.15) is 54.5 Å². The van der Waals surface area contributed by atoms with Crippen molar-refractivity contribution in [2.45, 2.75) is 39.2 Å². The number of rotatable bonds is 7. The molecular formula is C30H31ClN2O2. The van der Waals surface area contributed by atoms with Crippen molar-refractivity contribution in [3.63, 3.8) is 0 Å². The summed E-state index contributed by atoms with van der Waals surface area (Å²) in [5.74, 6) is 2.21. The fourth-order valence-electron chi connectivity index (χ4n) is 5.17. The smallest absolute Gasteiger partial charge is 0.179 e. The fraction of sp³-hybridized carbons (Fsp3) is 0.300. The molecule has 0 saturated heterocycles. The lowest BCUT2D eigenvalue weighted by molar-refractivity contribution is 0.288. The van der Waals surface area contributed by atoms with Crippen LogP contribution in [0.25, 0.3) is 0 Å². The van der Waals surface area contributed by atoms with Crippen molar-refractivity contribution in [1.82, 2.24) is 0 Å². The van der Waals surface area contributed by atoms with Gasteiger partial charge in [0.1, 0.15) is 0 Å². The summed E-state index contributed by atoms with van der Waals surface area (Å²) < 4.78 is 11.4. The number of nitrogens with one attached hydrogen (secondary N) is 1. The van der Waals surface area contributed by atoms with Crippen molar-refractivity contribution in [2.24, 2.45) is 10.9 Å². The zero-order chi connectivity index (χ0) is 24.4. The first-order valence-corrected chi connectivity index (χ1v) is 12.7. The van der Waals surface area contributed by atoms with Crippen LogP contribution in [0.15, 0.2) is 71.7 Å². The van der Waals surface area contributed by atoms with Crippen LogP contribution in [-0.2, 0) is 0 Å². The topological polar surface area (TPSA) is 42.8 Å².